The van der Waals surface area contributed by atoms with Crippen LogP contribution in [-0.2, 0) is 20.0 Å². The van der Waals surface area contributed by atoms with Gasteiger partial charge in [0.1, 0.15) is 22.4 Å². The molecule has 2 aliphatic rings. The first kappa shape index (κ1) is 19.8. The molecule has 4 heterocycles. The maximum absolute atomic E-state index is 13.1. The summed E-state index contributed by atoms with van der Waals surface area (Å²) in [5.41, 5.74) is 2.39. The summed E-state index contributed by atoms with van der Waals surface area (Å²) in [5, 5.41) is 7.85. The molecule has 0 saturated carbocycles. The van der Waals surface area contributed by atoms with Crippen LogP contribution in [0.2, 0.25) is 5.15 Å². The van der Waals surface area contributed by atoms with Gasteiger partial charge in [0.2, 0.25) is 0 Å². The van der Waals surface area contributed by atoms with Crippen LogP contribution >= 0.6 is 11.6 Å². The first-order valence-electron chi connectivity index (χ1n) is 10.5. The predicted octanol–water partition coefficient (Wildman–Crippen LogP) is 2.53. The fraction of sp³-hybridized carbons (Fsp3) is 0.364. The minimum absolute atomic E-state index is 0.0936. The van der Waals surface area contributed by atoms with Crippen LogP contribution in [-0.4, -0.2) is 55.2 Å². The number of nitrogens with zero attached hydrogens (tertiary/aromatic N) is 5. The predicted molar refractivity (Wildman–Crippen MR) is 116 cm³/mol. The summed E-state index contributed by atoms with van der Waals surface area (Å²) in [4.78, 5) is 32.2. The molecule has 1 N–H and O–H groups in total. The second-order valence-corrected chi connectivity index (χ2v) is 8.38. The molecule has 160 valence electrons. The van der Waals surface area contributed by atoms with E-state index in [1.807, 2.05) is 34.9 Å². The zero-order valence-corrected chi connectivity index (χ0v) is 18.0. The number of hydrogen-bond acceptors (Lipinski definition) is 4. The van der Waals surface area contributed by atoms with Crippen molar-refractivity contribution >= 4 is 23.4 Å². The van der Waals surface area contributed by atoms with Gasteiger partial charge in [-0.15, -0.1) is 0 Å². The van der Waals surface area contributed by atoms with Crippen LogP contribution in [0.1, 0.15) is 39.5 Å². The monoisotopic (exact) mass is 438 g/mol. The van der Waals surface area contributed by atoms with Crippen LogP contribution in [0.25, 0.3) is 11.3 Å². The van der Waals surface area contributed by atoms with Gasteiger partial charge in [-0.05, 0) is 12.8 Å². The Labute approximate surface area is 184 Å². The van der Waals surface area contributed by atoms with Crippen molar-refractivity contribution in [2.24, 2.45) is 7.05 Å². The lowest BCUT2D eigenvalue weighted by atomic mass is 10.1. The van der Waals surface area contributed by atoms with Gasteiger partial charge in [-0.1, -0.05) is 41.9 Å². The summed E-state index contributed by atoms with van der Waals surface area (Å²) in [6.07, 6.45) is 3.78. The summed E-state index contributed by atoms with van der Waals surface area (Å²) in [5.74, 6) is 0.425. The molecule has 1 saturated heterocycles. The molecular weight excluding hydrogens is 416 g/mol. The van der Waals surface area contributed by atoms with E-state index in [1.165, 1.54) is 10.9 Å². The van der Waals surface area contributed by atoms with Crippen molar-refractivity contribution in [3.05, 3.63) is 58.8 Å². The molecule has 1 atom stereocenters. The number of aromatic nitrogens is 4. The lowest BCUT2D eigenvalue weighted by Crippen LogP contribution is -2.44. The second kappa shape index (κ2) is 7.85. The summed E-state index contributed by atoms with van der Waals surface area (Å²) >= 11 is 6.60. The van der Waals surface area contributed by atoms with Crippen molar-refractivity contribution in [1.29, 1.82) is 0 Å². The Bertz CT molecular complexity index is 1150. The number of rotatable bonds is 4. The van der Waals surface area contributed by atoms with Crippen LogP contribution in [0.3, 0.4) is 0 Å². The topological polar surface area (TPSA) is 85.0 Å². The fourth-order valence-corrected chi connectivity index (χ4v) is 4.51. The number of aryl methyl sites for hydroxylation is 1. The van der Waals surface area contributed by atoms with Crippen molar-refractivity contribution in [2.45, 2.75) is 31.8 Å². The third kappa shape index (κ3) is 3.50. The van der Waals surface area contributed by atoms with Crippen molar-refractivity contribution in [3.8, 4) is 11.3 Å². The third-order valence-electron chi connectivity index (χ3n) is 6.02. The van der Waals surface area contributed by atoms with Gasteiger partial charge in [-0.25, -0.2) is 4.98 Å². The molecule has 2 aromatic heterocycles. The number of carbonyl (C=O) groups excluding carboxylic acids is 2. The van der Waals surface area contributed by atoms with E-state index in [4.69, 9.17) is 16.6 Å². The molecule has 0 bridgehead atoms. The molecule has 0 aliphatic carbocycles. The van der Waals surface area contributed by atoms with E-state index < -0.39 is 0 Å². The zero-order chi connectivity index (χ0) is 21.5. The number of benzene rings is 1. The molecule has 0 radical (unpaired) electrons. The molecule has 3 aromatic rings. The smallest absolute Gasteiger partial charge is 0.270 e. The Morgan fingerprint density at radius 2 is 1.94 bits per heavy atom. The van der Waals surface area contributed by atoms with Crippen LogP contribution in [0.4, 0.5) is 0 Å². The Balaban J connectivity index is 1.34. The maximum atomic E-state index is 13.1. The van der Waals surface area contributed by atoms with Gasteiger partial charge >= 0.3 is 0 Å². The minimum atomic E-state index is -0.289. The van der Waals surface area contributed by atoms with Gasteiger partial charge in [0, 0.05) is 44.7 Å². The van der Waals surface area contributed by atoms with Crippen LogP contribution in [0.5, 0.6) is 0 Å². The molecule has 1 fully saturated rings. The fourth-order valence-electron chi connectivity index (χ4n) is 4.18. The highest BCUT2D eigenvalue weighted by Crippen LogP contribution is 2.31. The number of fused-ring (bicyclic) bond motifs is 1. The van der Waals surface area contributed by atoms with Crippen molar-refractivity contribution in [1.82, 2.24) is 29.5 Å². The first-order chi connectivity index (χ1) is 15.0. The average Bonchev–Trinajstić information content (AvgIpc) is 3.27. The number of imidazole rings is 1. The molecule has 0 unspecified atom stereocenters. The van der Waals surface area contributed by atoms with E-state index >= 15 is 0 Å². The largest absolute Gasteiger partial charge is 0.347 e. The highest BCUT2D eigenvalue weighted by atomic mass is 35.5. The minimum Gasteiger partial charge on any atom is -0.347 e. The third-order valence-corrected chi connectivity index (χ3v) is 6.41. The molecule has 9 heteroatoms. The van der Waals surface area contributed by atoms with E-state index in [9.17, 15) is 9.59 Å². The van der Waals surface area contributed by atoms with Gasteiger partial charge in [0.05, 0.1) is 11.8 Å². The van der Waals surface area contributed by atoms with Crippen LogP contribution in [0, 0.1) is 0 Å². The normalized spacial score (nSPS) is 17.7. The maximum Gasteiger partial charge on any atom is 0.270 e. The summed E-state index contributed by atoms with van der Waals surface area (Å²) in [6.45, 7) is 2.12. The molecular formula is C22H23ClN6O2. The lowest BCUT2D eigenvalue weighted by molar-refractivity contribution is 0.0646. The zero-order valence-electron chi connectivity index (χ0n) is 17.2. The number of likely N-dealkylation sites (tertiary alicyclic amines) is 1. The molecule has 8 nitrogen and oxygen atoms in total. The number of hydrogen-bond donors (Lipinski definition) is 1. The highest BCUT2D eigenvalue weighted by molar-refractivity contribution is 6.32. The van der Waals surface area contributed by atoms with E-state index in [2.05, 4.69) is 10.4 Å². The highest BCUT2D eigenvalue weighted by Gasteiger charge is 2.31. The lowest BCUT2D eigenvalue weighted by Gasteiger charge is -2.30. The summed E-state index contributed by atoms with van der Waals surface area (Å²) < 4.78 is 3.48. The Morgan fingerprint density at radius 1 is 1.16 bits per heavy atom. The van der Waals surface area contributed by atoms with Gasteiger partial charge in [-0.3, -0.25) is 14.3 Å². The molecule has 1 aromatic carbocycles. The Morgan fingerprint density at radius 3 is 2.65 bits per heavy atom. The Kier molecular flexibility index (Phi) is 5.02. The van der Waals surface area contributed by atoms with E-state index in [1.54, 1.807) is 11.9 Å². The van der Waals surface area contributed by atoms with E-state index in [0.717, 1.165) is 43.0 Å². The number of halogens is 1. The van der Waals surface area contributed by atoms with Gasteiger partial charge in [0.25, 0.3) is 11.8 Å². The summed E-state index contributed by atoms with van der Waals surface area (Å²) in [6, 6.07) is 9.75. The molecule has 2 amide bonds. The second-order valence-electron chi connectivity index (χ2n) is 8.02. The average molecular weight is 439 g/mol. The molecule has 31 heavy (non-hydrogen) atoms. The van der Waals surface area contributed by atoms with Crippen molar-refractivity contribution in [2.75, 3.05) is 13.1 Å². The number of amides is 2. The van der Waals surface area contributed by atoms with Crippen molar-refractivity contribution < 1.29 is 9.59 Å². The van der Waals surface area contributed by atoms with Crippen LogP contribution < -0.4 is 5.32 Å². The number of carbonyl (C=O) groups is 2. The summed E-state index contributed by atoms with van der Waals surface area (Å²) in [7, 11) is 1.68. The SMILES string of the molecule is Cn1ncc(C(=O)N2CCC2)c1C(=O)N[C@@H]1CCn2c(nc(-c3ccccc3)c2Cl)C1. The van der Waals surface area contributed by atoms with Gasteiger partial charge < -0.3 is 14.8 Å². The van der Waals surface area contributed by atoms with E-state index in [-0.39, 0.29) is 17.9 Å². The standard InChI is InChI=1S/C22H23ClN6O2/c1-27-19(16(13-24-27)22(31)28-9-5-10-28)21(30)25-15-8-11-29-17(12-15)26-18(20(29)23)14-6-3-2-4-7-14/h2-4,6-7,13,15H,5,8-12H2,1H3,(H,25,30)/t15-/m1/s1. The van der Waals surface area contributed by atoms with Crippen LogP contribution in [0.15, 0.2) is 36.5 Å². The van der Waals surface area contributed by atoms with Crippen molar-refractivity contribution in [3.63, 3.8) is 0 Å². The molecule has 0 spiro atoms. The molecule has 2 aliphatic heterocycles. The molecule has 5 rings (SSSR count). The van der Waals surface area contributed by atoms with Gasteiger partial charge in [-0.2, -0.15) is 5.10 Å². The first-order valence-corrected chi connectivity index (χ1v) is 10.8. The number of nitrogens with one attached hydrogen (secondary N) is 1. The van der Waals surface area contributed by atoms with Gasteiger partial charge in [0.15, 0.2) is 0 Å². The van der Waals surface area contributed by atoms with E-state index in [0.29, 0.717) is 29.4 Å². The Hall–Kier alpha value is -3.13. The quantitative estimate of drug-likeness (QED) is 0.678.